The summed E-state index contributed by atoms with van der Waals surface area (Å²) in [6.07, 6.45) is 64.5. The van der Waals surface area contributed by atoms with E-state index in [1.165, 1.54) is 77.0 Å². The van der Waals surface area contributed by atoms with Crippen molar-refractivity contribution in [2.24, 2.45) is 0 Å². The highest BCUT2D eigenvalue weighted by Gasteiger charge is 2.00. The molecular formula is C96H144F6N12O18P6. The van der Waals surface area contributed by atoms with E-state index in [9.17, 15) is 25.2 Å². The molecule has 0 saturated heterocycles. The molecule has 0 aliphatic carbocycles. The Morgan fingerprint density at radius 3 is 0.210 bits per heavy atom. The number of pyridine rings is 12. The van der Waals surface area contributed by atoms with Crippen LogP contribution in [0, 0.1) is 0 Å². The van der Waals surface area contributed by atoms with Gasteiger partial charge in [-0.25, -0.2) is 80.0 Å². The van der Waals surface area contributed by atoms with E-state index >= 15 is 0 Å². The molecule has 0 radical (unpaired) electrons. The van der Waals surface area contributed by atoms with Gasteiger partial charge in [0.05, 0.1) is 0 Å². The van der Waals surface area contributed by atoms with E-state index in [-0.39, 0.29) is 0 Å². The first-order chi connectivity index (χ1) is 65.2. The molecule has 0 fully saturated rings. The summed E-state index contributed by atoms with van der Waals surface area (Å²) < 4.78 is 138. The monoisotopic (exact) mass is 2050 g/mol. The molecule has 768 valence electrons. The molecule has 0 aliphatic heterocycles. The van der Waals surface area contributed by atoms with Crippen molar-refractivity contribution in [1.82, 2.24) is 0 Å². The van der Waals surface area contributed by atoms with Crippen LogP contribution in [0.3, 0.4) is 0 Å². The number of hydrogen-bond acceptors (Lipinski definition) is 18. The first-order valence-electron chi connectivity index (χ1n) is 44.8. The number of nitrogens with zero attached hydrogens (tertiary/aromatic N) is 12. The zero-order valence-corrected chi connectivity index (χ0v) is 86.6. The van der Waals surface area contributed by atoms with Crippen molar-refractivity contribution in [3.05, 3.63) is 367 Å². The Balaban J connectivity index is -0.000000336. The lowest BCUT2D eigenvalue weighted by molar-refractivity contribution is -0.697. The fraction of sp³-hybridized carbons (Fsp3) is 0.375. The van der Waals surface area contributed by atoms with E-state index < -0.39 is 47.4 Å². The van der Waals surface area contributed by atoms with Gasteiger partial charge in [0.25, 0.3) is 0 Å². The summed E-state index contributed by atoms with van der Waals surface area (Å²) in [4.78, 5) is 101. The average Bonchev–Trinajstić information content (AvgIpc) is 1.02. The Kier molecular flexibility index (Phi) is 95.5. The molecule has 12 rings (SSSR count). The van der Waals surface area contributed by atoms with Gasteiger partial charge >= 0.3 is 0 Å². The van der Waals surface area contributed by atoms with Crippen LogP contribution in [0.1, 0.15) is 160 Å². The second kappa shape index (κ2) is 94.9. The molecule has 0 saturated carbocycles. The summed E-state index contributed by atoms with van der Waals surface area (Å²) in [5, 5.41) is 0. The maximum absolute atomic E-state index is 10.1. The van der Waals surface area contributed by atoms with Gasteiger partial charge in [-0.3, -0.25) is 0 Å². The van der Waals surface area contributed by atoms with Gasteiger partial charge in [-0.05, 0) is 0 Å². The predicted octanol–water partition coefficient (Wildman–Crippen LogP) is 9.32. The number of rotatable bonds is 24. The Bertz CT molecular complexity index is 3800. The van der Waals surface area contributed by atoms with E-state index in [1.54, 1.807) is 0 Å². The first-order valence-corrected chi connectivity index (χ1v) is 53.4. The summed E-state index contributed by atoms with van der Waals surface area (Å²) >= 11 is 0. The minimum absolute atomic E-state index is 1.13. The van der Waals surface area contributed by atoms with Gasteiger partial charge in [0.15, 0.2) is 149 Å². The van der Waals surface area contributed by atoms with Crippen LogP contribution in [0.15, 0.2) is 367 Å². The van der Waals surface area contributed by atoms with Crippen LogP contribution in [-0.4, -0.2) is 0 Å². The molecule has 0 unspecified atom stereocenters. The van der Waals surface area contributed by atoms with Gasteiger partial charge in [0.1, 0.15) is 126 Å². The maximum atomic E-state index is 10.1. The Labute approximate surface area is 814 Å². The highest BCUT2D eigenvalue weighted by molar-refractivity contribution is 7.43. The molecule has 30 nitrogen and oxygen atoms in total. The fourth-order valence-electron chi connectivity index (χ4n) is 10.1. The molecule has 138 heavy (non-hydrogen) atoms. The fourth-order valence-corrected chi connectivity index (χ4v) is 10.1. The highest BCUT2D eigenvalue weighted by atomic mass is 31.2. The van der Waals surface area contributed by atoms with Crippen LogP contribution in [0.5, 0.6) is 0 Å². The standard InChI is InChI=1S/12C8H12N.6FH2O3P/c12*1-2-6-9-7-4-3-5-8-9;6*1-5(2,3)4/h12*3-5,7-8H,2,6H2,1H3;6*(H2,2,3,4)/q12*+1;;;;;;/p-12. The number of hydrogen-bond donors (Lipinski definition) is 0. The van der Waals surface area contributed by atoms with Gasteiger partial charge in [-0.2, -0.15) is 0 Å². The van der Waals surface area contributed by atoms with Crippen LogP contribution in [-0.2, 0) is 106 Å². The molecule has 0 amide bonds. The average molecular weight is 2050 g/mol. The van der Waals surface area contributed by atoms with Gasteiger partial charge < -0.3 is 86.1 Å². The van der Waals surface area contributed by atoms with Crippen molar-refractivity contribution in [3.63, 3.8) is 0 Å². The van der Waals surface area contributed by atoms with E-state index in [0.717, 1.165) is 78.5 Å². The topological polar surface area (TPSA) is 426 Å². The van der Waals surface area contributed by atoms with Gasteiger partial charge in [-0.1, -0.05) is 156 Å². The van der Waals surface area contributed by atoms with Crippen LogP contribution in [0.4, 0.5) is 25.2 Å². The first kappa shape index (κ1) is 139. The minimum Gasteiger partial charge on any atom is -0.786 e. The summed E-state index contributed by atoms with van der Waals surface area (Å²) in [6.45, 7) is 39.7. The second-order valence-electron chi connectivity index (χ2n) is 27.9. The molecule has 0 aromatic carbocycles. The van der Waals surface area contributed by atoms with Crippen molar-refractivity contribution < 1.29 is 166 Å². The van der Waals surface area contributed by atoms with E-state index in [1.807, 2.05) is 72.8 Å². The van der Waals surface area contributed by atoms with Crippen LogP contribution >= 0.6 is 47.4 Å². The van der Waals surface area contributed by atoms with Gasteiger partial charge in [-0.15, -0.1) is 0 Å². The number of halogens is 6. The molecule has 12 aromatic rings. The van der Waals surface area contributed by atoms with E-state index in [4.69, 9.17) is 86.1 Å². The van der Waals surface area contributed by atoms with Gasteiger partial charge in [0, 0.05) is 223 Å². The predicted molar refractivity (Wildman–Crippen MR) is 495 cm³/mol. The largest absolute Gasteiger partial charge is 0.786 e. The quantitative estimate of drug-likeness (QED) is 0.0309. The molecule has 0 spiro atoms. The Morgan fingerprint density at radius 2 is 0.174 bits per heavy atom. The summed E-state index contributed by atoms with van der Waals surface area (Å²) in [5.41, 5.74) is 0. The Morgan fingerprint density at radius 1 is 0.130 bits per heavy atom. The third-order valence-corrected chi connectivity index (χ3v) is 15.1. The summed E-state index contributed by atoms with van der Waals surface area (Å²) in [5.74, 6) is 0. The van der Waals surface area contributed by atoms with Crippen LogP contribution in [0.25, 0.3) is 0 Å². The molecule has 0 aliphatic rings. The third kappa shape index (κ3) is 133. The Hall–Kier alpha value is -9.72. The smallest absolute Gasteiger partial charge is 0.168 e. The highest BCUT2D eigenvalue weighted by Crippen LogP contribution is 2.24. The normalized spacial score (nSPS) is 9.96. The lowest BCUT2D eigenvalue weighted by Gasteiger charge is -2.15. The molecule has 0 bridgehead atoms. The van der Waals surface area contributed by atoms with Crippen molar-refractivity contribution in [1.29, 1.82) is 0 Å². The minimum atomic E-state index is -5.64. The molecular weight excluding hydrogens is 1910 g/mol. The van der Waals surface area contributed by atoms with Crippen LogP contribution < -0.4 is 114 Å². The summed E-state index contributed by atoms with van der Waals surface area (Å²) in [7, 11) is -33.8. The lowest BCUT2D eigenvalue weighted by atomic mass is 10.4. The van der Waals surface area contributed by atoms with E-state index in [2.05, 4.69) is 432 Å². The maximum Gasteiger partial charge on any atom is 0.168 e. The zero-order valence-electron chi connectivity index (χ0n) is 81.3. The third-order valence-electron chi connectivity index (χ3n) is 15.1. The van der Waals surface area contributed by atoms with Crippen molar-refractivity contribution >= 4 is 47.4 Å². The summed E-state index contributed by atoms with van der Waals surface area (Å²) in [6, 6.07) is 73.6. The SMILES string of the molecule is CCC[n+]1ccccc1.CCC[n+]1ccccc1.CCC[n+]1ccccc1.CCC[n+]1ccccc1.CCC[n+]1ccccc1.CCC[n+]1ccccc1.CCC[n+]1ccccc1.CCC[n+]1ccccc1.CCC[n+]1ccccc1.CCC[n+]1ccccc1.CCC[n+]1ccccc1.CCC[n+]1ccccc1.O=P([O-])([O-])F.O=P([O-])([O-])F.O=P([O-])([O-])F.O=P([O-])([O-])F.O=P([O-])([O-])F.O=P([O-])([O-])F. The molecule has 42 heteroatoms. The van der Waals surface area contributed by atoms with Crippen molar-refractivity contribution in [2.75, 3.05) is 0 Å². The van der Waals surface area contributed by atoms with Gasteiger partial charge in [0.2, 0.25) is 0 Å². The van der Waals surface area contributed by atoms with E-state index in [0.29, 0.717) is 0 Å². The second-order valence-corrected chi connectivity index (χ2v) is 33.1. The van der Waals surface area contributed by atoms with Crippen molar-refractivity contribution in [3.8, 4) is 0 Å². The molecule has 12 aromatic heterocycles. The van der Waals surface area contributed by atoms with Crippen molar-refractivity contribution in [2.45, 2.75) is 239 Å². The molecule has 0 atom stereocenters. The number of aromatic nitrogens is 12. The van der Waals surface area contributed by atoms with Crippen LogP contribution in [0.2, 0.25) is 0 Å². The zero-order chi connectivity index (χ0) is 105. The molecule has 12 heterocycles. The molecule has 0 N–H and O–H groups in total. The number of aryl methyl sites for hydroxylation is 12. The lowest BCUT2D eigenvalue weighted by Crippen LogP contribution is -2.31.